The number of alkyl halides is 3. The maximum Gasteiger partial charge on any atom is 0.416 e. The van der Waals surface area contributed by atoms with Crippen LogP contribution >= 0.6 is 0 Å². The highest BCUT2D eigenvalue weighted by atomic mass is 19.4. The summed E-state index contributed by atoms with van der Waals surface area (Å²) in [5.74, 6) is 0.576. The van der Waals surface area contributed by atoms with Crippen LogP contribution in [0.1, 0.15) is 35.1 Å². The van der Waals surface area contributed by atoms with E-state index in [-0.39, 0.29) is 12.0 Å². The molecule has 0 aromatic heterocycles. The molecule has 3 unspecified atom stereocenters. The van der Waals surface area contributed by atoms with Crippen LogP contribution < -0.4 is 5.73 Å². The average Bonchev–Trinajstić information content (AvgIpc) is 3.27. The van der Waals surface area contributed by atoms with Gasteiger partial charge in [0.2, 0.25) is 0 Å². The normalized spacial score (nSPS) is 22.9. The fourth-order valence-electron chi connectivity index (χ4n) is 2.86. The minimum Gasteiger partial charge on any atom is -0.324 e. The molecule has 2 N–H and O–H groups in total. The van der Waals surface area contributed by atoms with E-state index in [0.29, 0.717) is 11.5 Å². The molecule has 3 atom stereocenters. The Labute approximate surface area is 121 Å². The molecule has 1 aliphatic carbocycles. The molecule has 2 aromatic carbocycles. The largest absolute Gasteiger partial charge is 0.416 e. The molecule has 1 nitrogen and oxygen atoms in total. The van der Waals surface area contributed by atoms with Crippen molar-refractivity contribution in [3.63, 3.8) is 0 Å². The van der Waals surface area contributed by atoms with Gasteiger partial charge in [0.15, 0.2) is 0 Å². The molecule has 0 heterocycles. The van der Waals surface area contributed by atoms with Crippen molar-refractivity contribution < 1.29 is 13.2 Å². The third-order valence-corrected chi connectivity index (χ3v) is 4.13. The number of nitrogens with two attached hydrogens (primary N) is 1. The van der Waals surface area contributed by atoms with Crippen molar-refractivity contribution in [2.75, 3.05) is 0 Å². The zero-order valence-corrected chi connectivity index (χ0v) is 11.3. The van der Waals surface area contributed by atoms with E-state index in [2.05, 4.69) is 0 Å². The summed E-state index contributed by atoms with van der Waals surface area (Å²) in [4.78, 5) is 0. The van der Waals surface area contributed by atoms with Gasteiger partial charge in [-0.3, -0.25) is 0 Å². The third kappa shape index (κ3) is 2.95. The minimum absolute atomic E-state index is 0.218. The van der Waals surface area contributed by atoms with E-state index in [1.54, 1.807) is 6.07 Å². The van der Waals surface area contributed by atoms with Crippen molar-refractivity contribution >= 4 is 0 Å². The lowest BCUT2D eigenvalue weighted by Gasteiger charge is -2.14. The van der Waals surface area contributed by atoms with Crippen LogP contribution in [0.4, 0.5) is 13.2 Å². The van der Waals surface area contributed by atoms with Gasteiger partial charge in [0.25, 0.3) is 0 Å². The first-order valence-electron chi connectivity index (χ1n) is 6.94. The first kappa shape index (κ1) is 14.1. The summed E-state index contributed by atoms with van der Waals surface area (Å²) in [6.45, 7) is 0. The minimum atomic E-state index is -4.32. The van der Waals surface area contributed by atoms with E-state index < -0.39 is 11.7 Å². The first-order valence-corrected chi connectivity index (χ1v) is 6.94. The Hall–Kier alpha value is -1.81. The lowest BCUT2D eigenvalue weighted by Crippen LogP contribution is -2.15. The maximum atomic E-state index is 12.7. The molecule has 1 saturated carbocycles. The van der Waals surface area contributed by atoms with Crippen LogP contribution in [-0.4, -0.2) is 0 Å². The topological polar surface area (TPSA) is 26.0 Å². The van der Waals surface area contributed by atoms with Gasteiger partial charge < -0.3 is 5.73 Å². The standard InChI is InChI=1S/C17H16F3N/c18-17(19,20)13-8-4-7-12(9-13)16(21)15-10-14(15)11-5-2-1-3-6-11/h1-9,14-16H,10,21H2. The first-order chi connectivity index (χ1) is 9.97. The fourth-order valence-corrected chi connectivity index (χ4v) is 2.86. The predicted molar refractivity (Wildman–Crippen MR) is 75.7 cm³/mol. The van der Waals surface area contributed by atoms with Crippen molar-refractivity contribution in [2.24, 2.45) is 11.7 Å². The molecule has 0 amide bonds. The summed E-state index contributed by atoms with van der Waals surface area (Å²) < 4.78 is 38.2. The summed E-state index contributed by atoms with van der Waals surface area (Å²) in [5, 5.41) is 0. The summed E-state index contributed by atoms with van der Waals surface area (Å²) in [6, 6.07) is 15.0. The highest BCUT2D eigenvalue weighted by molar-refractivity contribution is 5.33. The van der Waals surface area contributed by atoms with Gasteiger partial charge in [-0.15, -0.1) is 0 Å². The Kier molecular flexibility index (Phi) is 3.49. The highest BCUT2D eigenvalue weighted by Gasteiger charge is 2.43. The number of rotatable bonds is 3. The quantitative estimate of drug-likeness (QED) is 0.884. The monoisotopic (exact) mass is 291 g/mol. The second-order valence-electron chi connectivity index (χ2n) is 5.57. The lowest BCUT2D eigenvalue weighted by molar-refractivity contribution is -0.137. The van der Waals surface area contributed by atoms with Crippen LogP contribution in [0, 0.1) is 5.92 Å². The number of hydrogen-bond acceptors (Lipinski definition) is 1. The number of halogens is 3. The van der Waals surface area contributed by atoms with E-state index >= 15 is 0 Å². The zero-order valence-electron chi connectivity index (χ0n) is 11.3. The van der Waals surface area contributed by atoms with Crippen molar-refractivity contribution in [3.8, 4) is 0 Å². The Morgan fingerprint density at radius 2 is 1.71 bits per heavy atom. The van der Waals surface area contributed by atoms with Crippen LogP contribution in [0.25, 0.3) is 0 Å². The summed E-state index contributed by atoms with van der Waals surface area (Å²) >= 11 is 0. The van der Waals surface area contributed by atoms with Crippen molar-refractivity contribution in [2.45, 2.75) is 24.6 Å². The molecule has 2 aromatic rings. The second-order valence-corrected chi connectivity index (χ2v) is 5.57. The van der Waals surface area contributed by atoms with E-state index in [1.165, 1.54) is 17.7 Å². The van der Waals surface area contributed by atoms with Crippen LogP contribution in [0.5, 0.6) is 0 Å². The van der Waals surface area contributed by atoms with Gasteiger partial charge in [0.1, 0.15) is 0 Å². The third-order valence-electron chi connectivity index (χ3n) is 4.13. The summed E-state index contributed by atoms with van der Waals surface area (Å²) in [6.07, 6.45) is -3.39. The van der Waals surface area contributed by atoms with Crippen LogP contribution in [0.3, 0.4) is 0 Å². The van der Waals surface area contributed by atoms with Crippen LogP contribution in [0.2, 0.25) is 0 Å². The molecule has 4 heteroatoms. The molecule has 110 valence electrons. The molecule has 0 spiro atoms. The van der Waals surface area contributed by atoms with Crippen molar-refractivity contribution in [1.82, 2.24) is 0 Å². The Morgan fingerprint density at radius 1 is 1.00 bits per heavy atom. The average molecular weight is 291 g/mol. The lowest BCUT2D eigenvalue weighted by atomic mass is 9.98. The molecule has 3 rings (SSSR count). The molecular formula is C17H16F3N. The van der Waals surface area contributed by atoms with Gasteiger partial charge in [0.05, 0.1) is 5.56 Å². The Balaban J connectivity index is 1.77. The van der Waals surface area contributed by atoms with Crippen molar-refractivity contribution in [1.29, 1.82) is 0 Å². The molecule has 1 fully saturated rings. The van der Waals surface area contributed by atoms with E-state index in [1.807, 2.05) is 30.3 Å². The zero-order chi connectivity index (χ0) is 15.0. The van der Waals surface area contributed by atoms with Gasteiger partial charge in [0, 0.05) is 6.04 Å². The van der Waals surface area contributed by atoms with E-state index in [4.69, 9.17) is 5.73 Å². The molecule has 0 bridgehead atoms. The molecule has 0 saturated heterocycles. The summed E-state index contributed by atoms with van der Waals surface area (Å²) in [7, 11) is 0. The molecule has 0 aliphatic heterocycles. The van der Waals surface area contributed by atoms with E-state index in [0.717, 1.165) is 12.5 Å². The smallest absolute Gasteiger partial charge is 0.324 e. The van der Waals surface area contributed by atoms with Crippen molar-refractivity contribution in [3.05, 3.63) is 71.3 Å². The van der Waals surface area contributed by atoms with Crippen LogP contribution in [-0.2, 0) is 6.18 Å². The van der Waals surface area contributed by atoms with Crippen LogP contribution in [0.15, 0.2) is 54.6 Å². The maximum absolute atomic E-state index is 12.7. The Morgan fingerprint density at radius 3 is 2.38 bits per heavy atom. The number of benzene rings is 2. The molecular weight excluding hydrogens is 275 g/mol. The molecule has 0 radical (unpaired) electrons. The molecule has 1 aliphatic rings. The highest BCUT2D eigenvalue weighted by Crippen LogP contribution is 2.53. The van der Waals surface area contributed by atoms with E-state index in [9.17, 15) is 13.2 Å². The number of hydrogen-bond donors (Lipinski definition) is 1. The van der Waals surface area contributed by atoms with Gasteiger partial charge in [-0.1, -0.05) is 42.5 Å². The Bertz CT molecular complexity index is 621. The SMILES string of the molecule is NC(c1cccc(C(F)(F)F)c1)C1CC1c1ccccc1. The van der Waals surface area contributed by atoms with Gasteiger partial charge in [-0.2, -0.15) is 13.2 Å². The predicted octanol–water partition coefficient (Wildman–Crippen LogP) is 4.51. The molecule has 21 heavy (non-hydrogen) atoms. The van der Waals surface area contributed by atoms with Gasteiger partial charge in [-0.05, 0) is 41.5 Å². The summed E-state index contributed by atoms with van der Waals surface area (Å²) in [5.41, 5.74) is 7.32. The second kappa shape index (κ2) is 5.19. The fraction of sp³-hybridized carbons (Fsp3) is 0.294. The van der Waals surface area contributed by atoms with Gasteiger partial charge in [-0.25, -0.2) is 0 Å². The van der Waals surface area contributed by atoms with Gasteiger partial charge >= 0.3 is 6.18 Å².